The number of aromatic nitrogens is 2. The van der Waals surface area contributed by atoms with Crippen molar-refractivity contribution in [3.05, 3.63) is 70.8 Å². The fourth-order valence-corrected chi connectivity index (χ4v) is 2.74. The first-order chi connectivity index (χ1) is 10.7. The van der Waals surface area contributed by atoms with Crippen LogP contribution in [-0.4, -0.2) is 14.7 Å². The quantitative estimate of drug-likeness (QED) is 0.467. The number of hydrogen-bond acceptors (Lipinski definition) is 4. The van der Waals surface area contributed by atoms with Gasteiger partial charge >= 0.3 is 0 Å². The average Bonchev–Trinajstić information content (AvgIpc) is 2.54. The molecule has 5 nitrogen and oxygen atoms in total. The van der Waals surface area contributed by atoms with Crippen LogP contribution in [0.4, 0.5) is 0 Å². The van der Waals surface area contributed by atoms with E-state index >= 15 is 0 Å². The van der Waals surface area contributed by atoms with E-state index in [0.717, 1.165) is 17.4 Å². The molecular weight excluding hydrogens is 376 g/mol. The van der Waals surface area contributed by atoms with Gasteiger partial charge < -0.3 is 22.7 Å². The van der Waals surface area contributed by atoms with Crippen molar-refractivity contribution in [2.45, 2.75) is 5.75 Å². The fourth-order valence-electron chi connectivity index (χ4n) is 2.26. The minimum Gasteiger partial charge on any atom is -1.00 e. The van der Waals surface area contributed by atoms with Crippen molar-refractivity contribution in [1.82, 2.24) is 9.55 Å². The van der Waals surface area contributed by atoms with Gasteiger partial charge in [-0.25, -0.2) is 4.98 Å². The Kier molecular flexibility index (Phi) is 5.57. The van der Waals surface area contributed by atoms with Gasteiger partial charge in [0, 0.05) is 0 Å². The van der Waals surface area contributed by atoms with Crippen molar-refractivity contribution in [3.63, 3.8) is 0 Å². The van der Waals surface area contributed by atoms with Gasteiger partial charge in [-0.2, -0.15) is 0 Å². The number of hydrogen-bond donors (Lipinski definition) is 2. The Bertz CT molecular complexity index is 895. The molecule has 0 radical (unpaired) electrons. The van der Waals surface area contributed by atoms with Crippen LogP contribution in [0.25, 0.3) is 16.6 Å². The molecule has 23 heavy (non-hydrogen) atoms. The van der Waals surface area contributed by atoms with Crippen molar-refractivity contribution in [3.8, 4) is 5.69 Å². The summed E-state index contributed by atoms with van der Waals surface area (Å²) in [5.74, 6) is 0.944. The van der Waals surface area contributed by atoms with E-state index in [0.29, 0.717) is 22.5 Å². The second kappa shape index (κ2) is 7.43. The molecule has 0 spiro atoms. The number of fused-ring (bicyclic) bond motifs is 1. The molecule has 0 saturated heterocycles. The summed E-state index contributed by atoms with van der Waals surface area (Å²) in [6.45, 7) is 0. The van der Waals surface area contributed by atoms with Crippen LogP contribution in [0.15, 0.2) is 59.4 Å². The standard InChI is InChI=1S/C16H14N4OS.BrH/c17-16(18)22-10-14-19-13-9-5-4-8-12(13)15(21)20(14)11-6-2-1-3-7-11;/h1-9H,10H2,(H3,17,18);1H/p-1. The number of nitrogens with one attached hydrogen (secondary N) is 1. The molecule has 3 rings (SSSR count). The summed E-state index contributed by atoms with van der Waals surface area (Å²) in [5.41, 5.74) is 6.70. The minimum absolute atomic E-state index is 0. The number of halogens is 1. The van der Waals surface area contributed by atoms with Crippen molar-refractivity contribution in [2.24, 2.45) is 5.73 Å². The van der Waals surface area contributed by atoms with Gasteiger partial charge in [0.15, 0.2) is 5.17 Å². The molecule has 0 fully saturated rings. The Labute approximate surface area is 147 Å². The average molecular weight is 390 g/mol. The molecular formula is C16H14BrN4OS-. The number of nitrogens with two attached hydrogens (primary N) is 1. The van der Waals surface area contributed by atoms with Crippen molar-refractivity contribution in [2.75, 3.05) is 0 Å². The first-order valence-corrected chi connectivity index (χ1v) is 7.68. The zero-order chi connectivity index (χ0) is 15.5. The smallest absolute Gasteiger partial charge is 0.265 e. The van der Waals surface area contributed by atoms with E-state index in [2.05, 4.69) is 4.98 Å². The normalized spacial score (nSPS) is 10.3. The maximum atomic E-state index is 12.8. The number of para-hydroxylation sites is 2. The molecule has 0 unspecified atom stereocenters. The van der Waals surface area contributed by atoms with Gasteiger partial charge in [0.2, 0.25) is 0 Å². The molecule has 118 valence electrons. The lowest BCUT2D eigenvalue weighted by Crippen LogP contribution is -3.00. The van der Waals surface area contributed by atoms with E-state index < -0.39 is 0 Å². The lowest BCUT2D eigenvalue weighted by Gasteiger charge is -2.13. The van der Waals surface area contributed by atoms with E-state index in [-0.39, 0.29) is 27.7 Å². The van der Waals surface area contributed by atoms with Gasteiger partial charge in [0.1, 0.15) is 5.82 Å². The predicted octanol–water partition coefficient (Wildman–Crippen LogP) is -0.484. The van der Waals surface area contributed by atoms with Crippen molar-refractivity contribution >= 4 is 27.8 Å². The summed E-state index contributed by atoms with van der Waals surface area (Å²) >= 11 is 1.15. The summed E-state index contributed by atoms with van der Waals surface area (Å²) in [5, 5.41) is 7.93. The van der Waals surface area contributed by atoms with Crippen LogP contribution in [-0.2, 0) is 5.75 Å². The Morgan fingerprint density at radius 3 is 2.48 bits per heavy atom. The number of nitrogens with zero attached hydrogens (tertiary/aromatic N) is 2. The second-order valence-corrected chi connectivity index (χ2v) is 5.69. The first kappa shape index (κ1) is 17.2. The van der Waals surface area contributed by atoms with E-state index in [1.165, 1.54) is 0 Å². The molecule has 3 aromatic rings. The Morgan fingerprint density at radius 2 is 1.78 bits per heavy atom. The third-order valence-corrected chi connectivity index (χ3v) is 3.93. The molecule has 0 amide bonds. The summed E-state index contributed by atoms with van der Waals surface area (Å²) in [6.07, 6.45) is 0. The minimum atomic E-state index is -0.115. The second-order valence-electron chi connectivity index (χ2n) is 4.67. The molecule has 0 aliphatic rings. The summed E-state index contributed by atoms with van der Waals surface area (Å²) in [6, 6.07) is 16.6. The van der Waals surface area contributed by atoms with E-state index in [9.17, 15) is 4.79 Å². The van der Waals surface area contributed by atoms with Crippen LogP contribution in [0.3, 0.4) is 0 Å². The topological polar surface area (TPSA) is 84.8 Å². The molecule has 7 heteroatoms. The number of amidine groups is 1. The highest BCUT2D eigenvalue weighted by Gasteiger charge is 2.12. The van der Waals surface area contributed by atoms with Crippen molar-refractivity contribution < 1.29 is 17.0 Å². The predicted molar refractivity (Wildman–Crippen MR) is 90.5 cm³/mol. The molecule has 0 saturated carbocycles. The highest BCUT2D eigenvalue weighted by Crippen LogP contribution is 2.16. The Morgan fingerprint density at radius 1 is 1.13 bits per heavy atom. The van der Waals surface area contributed by atoms with Gasteiger partial charge in [0.25, 0.3) is 5.56 Å². The van der Waals surface area contributed by atoms with Gasteiger partial charge in [-0.3, -0.25) is 14.8 Å². The number of rotatable bonds is 3. The van der Waals surface area contributed by atoms with Crippen molar-refractivity contribution in [1.29, 1.82) is 5.41 Å². The van der Waals surface area contributed by atoms with Crippen LogP contribution < -0.4 is 28.3 Å². The summed E-state index contributed by atoms with van der Waals surface area (Å²) in [7, 11) is 0. The van der Waals surface area contributed by atoms with E-state index in [4.69, 9.17) is 11.1 Å². The summed E-state index contributed by atoms with van der Waals surface area (Å²) < 4.78 is 1.58. The highest BCUT2D eigenvalue weighted by molar-refractivity contribution is 8.13. The van der Waals surface area contributed by atoms with E-state index in [1.807, 2.05) is 48.5 Å². The first-order valence-electron chi connectivity index (χ1n) is 6.70. The van der Waals surface area contributed by atoms with E-state index in [1.54, 1.807) is 10.6 Å². The van der Waals surface area contributed by atoms with Crippen LogP contribution in [0.2, 0.25) is 0 Å². The third-order valence-electron chi connectivity index (χ3n) is 3.22. The van der Waals surface area contributed by atoms with Gasteiger partial charge in [-0.15, -0.1) is 0 Å². The zero-order valence-electron chi connectivity index (χ0n) is 12.1. The highest BCUT2D eigenvalue weighted by atomic mass is 79.9. The monoisotopic (exact) mass is 389 g/mol. The Balaban J connectivity index is 0.00000192. The Hall–Kier alpha value is -2.12. The molecule has 0 bridgehead atoms. The summed E-state index contributed by atoms with van der Waals surface area (Å²) in [4.78, 5) is 17.4. The molecule has 0 atom stereocenters. The van der Waals surface area contributed by atoms with Crippen LogP contribution in [0, 0.1) is 5.41 Å². The molecule has 3 N–H and O–H groups in total. The van der Waals surface area contributed by atoms with Gasteiger partial charge in [-0.1, -0.05) is 42.1 Å². The fraction of sp³-hybridized carbons (Fsp3) is 0.0625. The van der Waals surface area contributed by atoms with Crippen LogP contribution in [0.5, 0.6) is 0 Å². The lowest BCUT2D eigenvalue weighted by molar-refractivity contribution is -0.00000485. The van der Waals surface area contributed by atoms with Crippen LogP contribution in [0.1, 0.15) is 5.82 Å². The molecule has 0 aliphatic heterocycles. The lowest BCUT2D eigenvalue weighted by atomic mass is 10.2. The third kappa shape index (κ3) is 3.62. The maximum absolute atomic E-state index is 12.8. The zero-order valence-corrected chi connectivity index (χ0v) is 14.5. The SMILES string of the molecule is N=C(N)SCc1nc2ccccc2c(=O)n1-c1ccccc1.[Br-]. The largest absolute Gasteiger partial charge is 1.00 e. The molecule has 2 aromatic carbocycles. The van der Waals surface area contributed by atoms with Gasteiger partial charge in [0.05, 0.1) is 22.3 Å². The maximum Gasteiger partial charge on any atom is 0.265 e. The molecule has 1 aromatic heterocycles. The van der Waals surface area contributed by atoms with Crippen LogP contribution >= 0.6 is 11.8 Å². The molecule has 1 heterocycles. The number of benzene rings is 2. The number of thioether (sulfide) groups is 1. The van der Waals surface area contributed by atoms with Gasteiger partial charge in [-0.05, 0) is 24.3 Å². The molecule has 0 aliphatic carbocycles.